The normalized spacial score (nSPS) is 22.3. The Labute approximate surface area is 187 Å². The van der Waals surface area contributed by atoms with Crippen molar-refractivity contribution in [2.45, 2.75) is 44.5 Å². The minimum absolute atomic E-state index is 0.0192. The molecule has 0 aliphatic carbocycles. The van der Waals surface area contributed by atoms with Crippen LogP contribution in [0.1, 0.15) is 30.4 Å². The predicted octanol–water partition coefficient (Wildman–Crippen LogP) is 4.44. The first kappa shape index (κ1) is 21.6. The summed E-state index contributed by atoms with van der Waals surface area (Å²) in [5.41, 5.74) is 3.79. The molecule has 0 aromatic heterocycles. The van der Waals surface area contributed by atoms with Crippen molar-refractivity contribution in [1.82, 2.24) is 4.90 Å². The fraction of sp³-hybridized carbons (Fsp3) is 0.375. The summed E-state index contributed by atoms with van der Waals surface area (Å²) in [6.45, 7) is 5.27. The van der Waals surface area contributed by atoms with Gasteiger partial charge in [0.1, 0.15) is 5.25 Å². The average molecular weight is 438 g/mol. The third kappa shape index (κ3) is 5.35. The molecule has 2 aromatic carbocycles. The van der Waals surface area contributed by atoms with Crippen molar-refractivity contribution in [1.29, 1.82) is 0 Å². The molecule has 31 heavy (non-hydrogen) atoms. The van der Waals surface area contributed by atoms with Gasteiger partial charge in [0.2, 0.25) is 11.8 Å². The van der Waals surface area contributed by atoms with Crippen LogP contribution in [0.2, 0.25) is 0 Å². The summed E-state index contributed by atoms with van der Waals surface area (Å²) in [5.74, 6) is -0.255. The molecule has 2 aliphatic rings. The number of thioether (sulfide) groups is 1. The Balaban J connectivity index is 1.53. The van der Waals surface area contributed by atoms with E-state index in [9.17, 15) is 9.59 Å². The summed E-state index contributed by atoms with van der Waals surface area (Å²) in [4.78, 5) is 32.3. The molecule has 2 amide bonds. The van der Waals surface area contributed by atoms with E-state index < -0.39 is 5.25 Å². The molecule has 7 heteroatoms. The smallest absolute Gasteiger partial charge is 0.242 e. The Hall–Kier alpha value is -2.64. The van der Waals surface area contributed by atoms with Crippen LogP contribution in [0.5, 0.6) is 0 Å². The molecule has 0 bridgehead atoms. The minimum atomic E-state index is -0.491. The number of para-hydroxylation sites is 1. The van der Waals surface area contributed by atoms with Gasteiger partial charge in [-0.05, 0) is 50.5 Å². The van der Waals surface area contributed by atoms with Crippen molar-refractivity contribution in [3.63, 3.8) is 0 Å². The third-order valence-electron chi connectivity index (χ3n) is 5.43. The van der Waals surface area contributed by atoms with Crippen LogP contribution < -0.4 is 5.32 Å². The molecule has 0 radical (unpaired) electrons. The number of ether oxygens (including phenoxy) is 1. The van der Waals surface area contributed by atoms with Gasteiger partial charge in [-0.25, -0.2) is 4.99 Å². The average Bonchev–Trinajstić information content (AvgIpc) is 3.35. The third-order valence-corrected chi connectivity index (χ3v) is 6.60. The van der Waals surface area contributed by atoms with E-state index in [2.05, 4.69) is 11.4 Å². The van der Waals surface area contributed by atoms with Gasteiger partial charge in [0.25, 0.3) is 0 Å². The predicted molar refractivity (Wildman–Crippen MR) is 125 cm³/mol. The molecule has 6 nitrogen and oxygen atoms in total. The van der Waals surface area contributed by atoms with E-state index in [4.69, 9.17) is 9.73 Å². The molecule has 1 N–H and O–H groups in total. The largest absolute Gasteiger partial charge is 0.376 e. The van der Waals surface area contributed by atoms with Crippen LogP contribution in [0.15, 0.2) is 53.5 Å². The Bertz CT molecular complexity index is 987. The van der Waals surface area contributed by atoms with E-state index in [0.717, 1.165) is 36.4 Å². The number of hydrogen-bond donors (Lipinski definition) is 1. The molecule has 162 valence electrons. The van der Waals surface area contributed by atoms with Crippen LogP contribution in [-0.4, -0.2) is 46.4 Å². The maximum Gasteiger partial charge on any atom is 0.242 e. The van der Waals surface area contributed by atoms with Crippen LogP contribution >= 0.6 is 11.8 Å². The van der Waals surface area contributed by atoms with Crippen molar-refractivity contribution in [2.24, 2.45) is 4.99 Å². The van der Waals surface area contributed by atoms with Crippen LogP contribution in [0.3, 0.4) is 0 Å². The lowest BCUT2D eigenvalue weighted by atomic mass is 10.1. The molecule has 2 unspecified atom stereocenters. The zero-order valence-electron chi connectivity index (χ0n) is 17.8. The second-order valence-electron chi connectivity index (χ2n) is 7.99. The topological polar surface area (TPSA) is 71.0 Å². The molecular formula is C24H27N3O3S. The Morgan fingerprint density at radius 2 is 2.03 bits per heavy atom. The highest BCUT2D eigenvalue weighted by molar-refractivity contribution is 8.15. The van der Waals surface area contributed by atoms with E-state index in [1.54, 1.807) is 4.90 Å². The summed E-state index contributed by atoms with van der Waals surface area (Å²) < 4.78 is 5.76. The lowest BCUT2D eigenvalue weighted by Crippen LogP contribution is -2.38. The first-order valence-electron chi connectivity index (χ1n) is 10.6. The monoisotopic (exact) mass is 437 g/mol. The molecule has 4 rings (SSSR count). The van der Waals surface area contributed by atoms with Gasteiger partial charge in [0.05, 0.1) is 18.3 Å². The molecule has 0 saturated carbocycles. The highest BCUT2D eigenvalue weighted by Gasteiger charge is 2.40. The van der Waals surface area contributed by atoms with Crippen LogP contribution in [0.25, 0.3) is 0 Å². The highest BCUT2D eigenvalue weighted by Crippen LogP contribution is 2.34. The number of anilines is 1. The van der Waals surface area contributed by atoms with Crippen LogP contribution in [0.4, 0.5) is 11.4 Å². The maximum atomic E-state index is 13.2. The summed E-state index contributed by atoms with van der Waals surface area (Å²) in [5, 5.41) is 3.02. The maximum absolute atomic E-state index is 13.2. The summed E-state index contributed by atoms with van der Waals surface area (Å²) in [7, 11) is 0. The first-order chi connectivity index (χ1) is 15.0. The number of carbonyl (C=O) groups is 2. The number of nitrogens with zero attached hydrogens (tertiary/aromatic N) is 2. The number of aliphatic imine (C=N–C) groups is 1. The molecule has 2 aliphatic heterocycles. The summed E-state index contributed by atoms with van der Waals surface area (Å²) in [6, 6.07) is 15.4. The number of carbonyl (C=O) groups excluding carboxylic acids is 2. The van der Waals surface area contributed by atoms with Crippen molar-refractivity contribution in [3.8, 4) is 0 Å². The zero-order valence-corrected chi connectivity index (χ0v) is 18.7. The van der Waals surface area contributed by atoms with Gasteiger partial charge >= 0.3 is 0 Å². The van der Waals surface area contributed by atoms with Crippen molar-refractivity contribution in [3.05, 3.63) is 59.7 Å². The number of benzene rings is 2. The molecule has 2 heterocycles. The Kier molecular flexibility index (Phi) is 6.73. The lowest BCUT2D eigenvalue weighted by molar-refractivity contribution is -0.129. The SMILES string of the molecule is Cc1ccc(N=C2SC(CC(=O)Nc3ccccc3)C(=O)N2CC2CCCO2)c(C)c1. The molecule has 2 atom stereocenters. The molecule has 2 fully saturated rings. The summed E-state index contributed by atoms with van der Waals surface area (Å²) in [6.07, 6.45) is 2.06. The van der Waals surface area contributed by atoms with Gasteiger partial charge in [-0.1, -0.05) is 47.7 Å². The van der Waals surface area contributed by atoms with Gasteiger partial charge in [-0.15, -0.1) is 0 Å². The van der Waals surface area contributed by atoms with Gasteiger partial charge in [0.15, 0.2) is 5.17 Å². The number of aryl methyl sites for hydroxylation is 2. The number of hydrogen-bond acceptors (Lipinski definition) is 5. The van der Waals surface area contributed by atoms with E-state index in [1.165, 1.54) is 17.3 Å². The van der Waals surface area contributed by atoms with Gasteiger partial charge < -0.3 is 10.1 Å². The van der Waals surface area contributed by atoms with Crippen molar-refractivity contribution >= 4 is 40.1 Å². The fourth-order valence-corrected chi connectivity index (χ4v) is 4.98. The molecule has 2 aromatic rings. The lowest BCUT2D eigenvalue weighted by Gasteiger charge is -2.20. The second kappa shape index (κ2) is 9.66. The Morgan fingerprint density at radius 1 is 1.23 bits per heavy atom. The number of rotatable bonds is 6. The quantitative estimate of drug-likeness (QED) is 0.725. The van der Waals surface area contributed by atoms with Gasteiger partial charge in [-0.2, -0.15) is 0 Å². The molecule has 2 saturated heterocycles. The van der Waals surface area contributed by atoms with E-state index >= 15 is 0 Å². The van der Waals surface area contributed by atoms with Crippen LogP contribution in [-0.2, 0) is 14.3 Å². The second-order valence-corrected chi connectivity index (χ2v) is 9.16. The minimum Gasteiger partial charge on any atom is -0.376 e. The van der Waals surface area contributed by atoms with Gasteiger partial charge in [-0.3, -0.25) is 14.5 Å². The Morgan fingerprint density at radius 3 is 2.74 bits per heavy atom. The van der Waals surface area contributed by atoms with Gasteiger partial charge in [0, 0.05) is 18.7 Å². The van der Waals surface area contributed by atoms with E-state index in [1.807, 2.05) is 56.3 Å². The number of amidine groups is 1. The fourth-order valence-electron chi connectivity index (χ4n) is 3.82. The van der Waals surface area contributed by atoms with E-state index in [-0.39, 0.29) is 24.3 Å². The van der Waals surface area contributed by atoms with Crippen LogP contribution in [0, 0.1) is 13.8 Å². The van der Waals surface area contributed by atoms with E-state index in [0.29, 0.717) is 11.7 Å². The standard InChI is InChI=1S/C24H27N3O3S/c1-16-10-11-20(17(2)13-16)26-24-27(15-19-9-6-12-30-19)23(29)21(31-24)14-22(28)25-18-7-4-3-5-8-18/h3-5,7-8,10-11,13,19,21H,6,9,12,14-15H2,1-2H3,(H,25,28). The molecule has 0 spiro atoms. The van der Waals surface area contributed by atoms with Crippen molar-refractivity contribution in [2.75, 3.05) is 18.5 Å². The number of nitrogens with one attached hydrogen (secondary N) is 1. The van der Waals surface area contributed by atoms with Crippen molar-refractivity contribution < 1.29 is 14.3 Å². The highest BCUT2D eigenvalue weighted by atomic mass is 32.2. The molecular weight excluding hydrogens is 410 g/mol. The summed E-state index contributed by atoms with van der Waals surface area (Å²) >= 11 is 1.37. The first-order valence-corrected chi connectivity index (χ1v) is 11.5. The number of amides is 2. The zero-order chi connectivity index (χ0) is 21.8.